The Morgan fingerprint density at radius 3 is 2.56 bits per heavy atom. The highest BCUT2D eigenvalue weighted by Crippen LogP contribution is 2.29. The second-order valence-corrected chi connectivity index (χ2v) is 4.37. The van der Waals surface area contributed by atoms with E-state index in [1.54, 1.807) is 0 Å². The van der Waals surface area contributed by atoms with Crippen molar-refractivity contribution in [1.29, 1.82) is 0 Å². The van der Waals surface area contributed by atoms with Crippen LogP contribution in [0.25, 0.3) is 0 Å². The molecule has 18 heavy (non-hydrogen) atoms. The van der Waals surface area contributed by atoms with Crippen molar-refractivity contribution in [3.63, 3.8) is 0 Å². The van der Waals surface area contributed by atoms with Crippen molar-refractivity contribution in [3.8, 4) is 12.3 Å². The maximum absolute atomic E-state index is 12.2. The van der Waals surface area contributed by atoms with Crippen LogP contribution in [0.4, 0.5) is 0 Å². The summed E-state index contributed by atoms with van der Waals surface area (Å²) in [7, 11) is 0. The van der Waals surface area contributed by atoms with E-state index in [-0.39, 0.29) is 18.9 Å². The third-order valence-electron chi connectivity index (χ3n) is 3.25. The summed E-state index contributed by atoms with van der Waals surface area (Å²) in [5.41, 5.74) is 4.93. The van der Waals surface area contributed by atoms with E-state index in [1.807, 2.05) is 0 Å². The number of carboxylic acids is 1. The Morgan fingerprint density at radius 2 is 2.11 bits per heavy atom. The first-order chi connectivity index (χ1) is 8.55. The molecule has 0 aromatic heterocycles. The number of hydrogen-bond acceptors (Lipinski definition) is 4. The van der Waals surface area contributed by atoms with Crippen molar-refractivity contribution in [3.05, 3.63) is 0 Å². The maximum Gasteiger partial charge on any atom is 0.327 e. The smallest absolute Gasteiger partial charge is 0.327 e. The molecule has 1 rings (SSSR count). The molecule has 0 saturated carbocycles. The zero-order valence-electron chi connectivity index (χ0n) is 10.1. The number of aliphatic carboxylic acids is 1. The quantitative estimate of drug-likeness (QED) is 0.565. The van der Waals surface area contributed by atoms with Gasteiger partial charge in [-0.25, -0.2) is 4.79 Å². The minimum absolute atomic E-state index is 0.0434. The standard InChI is InChI=1S/C12H18N2O4/c1-2-3-9(10(15)16)14-11(17)12(8-13)4-6-18-7-5-12/h1,9H,3-8,13H2,(H,14,17)(H,15,16). The number of carbonyl (C=O) groups is 2. The highest BCUT2D eigenvalue weighted by Gasteiger charge is 2.40. The van der Waals surface area contributed by atoms with E-state index in [0.717, 1.165) is 0 Å². The summed E-state index contributed by atoms with van der Waals surface area (Å²) in [6, 6.07) is -1.06. The van der Waals surface area contributed by atoms with Crippen LogP contribution >= 0.6 is 0 Å². The van der Waals surface area contributed by atoms with Crippen molar-refractivity contribution >= 4 is 11.9 Å². The van der Waals surface area contributed by atoms with Crippen LogP contribution in [0.5, 0.6) is 0 Å². The van der Waals surface area contributed by atoms with Crippen LogP contribution in [0.2, 0.25) is 0 Å². The Bertz CT molecular complexity index is 356. The van der Waals surface area contributed by atoms with Gasteiger partial charge in [0.15, 0.2) is 0 Å². The summed E-state index contributed by atoms with van der Waals surface area (Å²) in [5, 5.41) is 11.4. The molecule has 1 saturated heterocycles. The van der Waals surface area contributed by atoms with Crippen LogP contribution in [0.1, 0.15) is 19.3 Å². The fourth-order valence-electron chi connectivity index (χ4n) is 1.92. The molecule has 6 heteroatoms. The third-order valence-corrected chi connectivity index (χ3v) is 3.25. The highest BCUT2D eigenvalue weighted by atomic mass is 16.5. The second-order valence-electron chi connectivity index (χ2n) is 4.37. The van der Waals surface area contributed by atoms with Gasteiger partial charge in [0.2, 0.25) is 5.91 Å². The normalized spacial score (nSPS) is 19.6. The molecule has 100 valence electrons. The van der Waals surface area contributed by atoms with Crippen LogP contribution in [0.3, 0.4) is 0 Å². The van der Waals surface area contributed by atoms with E-state index in [4.69, 9.17) is 22.0 Å². The molecule has 1 aliphatic rings. The Labute approximate surface area is 106 Å². The van der Waals surface area contributed by atoms with Crippen molar-refractivity contribution < 1.29 is 19.4 Å². The fourth-order valence-corrected chi connectivity index (χ4v) is 1.92. The van der Waals surface area contributed by atoms with Gasteiger partial charge in [0.25, 0.3) is 0 Å². The van der Waals surface area contributed by atoms with Crippen molar-refractivity contribution in [2.45, 2.75) is 25.3 Å². The van der Waals surface area contributed by atoms with Gasteiger partial charge in [0.05, 0.1) is 5.41 Å². The lowest BCUT2D eigenvalue weighted by atomic mass is 9.79. The van der Waals surface area contributed by atoms with Gasteiger partial charge < -0.3 is 20.9 Å². The molecule has 0 aromatic carbocycles. The first kappa shape index (κ1) is 14.5. The number of nitrogens with two attached hydrogens (primary N) is 1. The molecule has 1 amide bonds. The van der Waals surface area contributed by atoms with Crippen molar-refractivity contribution in [2.24, 2.45) is 11.1 Å². The Hall–Kier alpha value is -1.58. The molecule has 0 spiro atoms. The molecule has 1 heterocycles. The van der Waals surface area contributed by atoms with Crippen molar-refractivity contribution in [1.82, 2.24) is 5.32 Å². The molecule has 0 aromatic rings. The minimum Gasteiger partial charge on any atom is -0.480 e. The van der Waals surface area contributed by atoms with Gasteiger partial charge in [-0.2, -0.15) is 0 Å². The molecule has 1 aliphatic heterocycles. The second kappa shape index (κ2) is 6.38. The summed E-state index contributed by atoms with van der Waals surface area (Å²) < 4.78 is 5.19. The Balaban J connectivity index is 2.72. The zero-order valence-corrected chi connectivity index (χ0v) is 10.1. The summed E-state index contributed by atoms with van der Waals surface area (Å²) in [4.78, 5) is 23.1. The maximum atomic E-state index is 12.2. The van der Waals surface area contributed by atoms with E-state index in [0.29, 0.717) is 26.1 Å². The summed E-state index contributed by atoms with van der Waals surface area (Å²) >= 11 is 0. The highest BCUT2D eigenvalue weighted by molar-refractivity contribution is 5.87. The number of amides is 1. The average Bonchev–Trinajstić information content (AvgIpc) is 2.38. The van der Waals surface area contributed by atoms with Gasteiger partial charge in [-0.05, 0) is 12.8 Å². The van der Waals surface area contributed by atoms with Crippen molar-refractivity contribution in [2.75, 3.05) is 19.8 Å². The van der Waals surface area contributed by atoms with Gasteiger partial charge in [-0.1, -0.05) is 0 Å². The molecule has 6 nitrogen and oxygen atoms in total. The van der Waals surface area contributed by atoms with E-state index >= 15 is 0 Å². The van der Waals surface area contributed by atoms with Crippen LogP contribution in [-0.2, 0) is 14.3 Å². The molecule has 1 unspecified atom stereocenters. The van der Waals surface area contributed by atoms with E-state index in [2.05, 4.69) is 11.2 Å². The molecule has 0 bridgehead atoms. The fraction of sp³-hybridized carbons (Fsp3) is 0.667. The van der Waals surface area contributed by atoms with Gasteiger partial charge in [-0.15, -0.1) is 12.3 Å². The Kier molecular flexibility index (Phi) is 5.13. The number of hydrogen-bond donors (Lipinski definition) is 3. The molecular weight excluding hydrogens is 236 g/mol. The summed E-state index contributed by atoms with van der Waals surface area (Å²) in [6.45, 7) is 1.08. The number of rotatable bonds is 5. The largest absolute Gasteiger partial charge is 0.480 e. The average molecular weight is 254 g/mol. The number of carbonyl (C=O) groups excluding carboxylic acids is 1. The molecule has 1 atom stereocenters. The number of terminal acetylenes is 1. The van der Waals surface area contributed by atoms with Crippen LogP contribution in [0.15, 0.2) is 0 Å². The predicted molar refractivity (Wildman–Crippen MR) is 64.6 cm³/mol. The van der Waals surface area contributed by atoms with Crippen LogP contribution in [0, 0.1) is 17.8 Å². The Morgan fingerprint density at radius 1 is 1.50 bits per heavy atom. The van der Waals surface area contributed by atoms with Crippen LogP contribution < -0.4 is 11.1 Å². The molecule has 0 radical (unpaired) electrons. The summed E-state index contributed by atoms with van der Waals surface area (Å²) in [6.07, 6.45) is 6.03. The number of ether oxygens (including phenoxy) is 1. The molecule has 0 aliphatic carbocycles. The van der Waals surface area contributed by atoms with Crippen LogP contribution in [-0.4, -0.2) is 42.8 Å². The van der Waals surface area contributed by atoms with Gasteiger partial charge in [-0.3, -0.25) is 4.79 Å². The number of nitrogens with one attached hydrogen (secondary N) is 1. The van der Waals surface area contributed by atoms with Gasteiger partial charge in [0, 0.05) is 26.2 Å². The van der Waals surface area contributed by atoms with E-state index in [9.17, 15) is 9.59 Å². The van der Waals surface area contributed by atoms with E-state index < -0.39 is 17.4 Å². The topological polar surface area (TPSA) is 102 Å². The minimum atomic E-state index is -1.14. The third kappa shape index (κ3) is 3.22. The monoisotopic (exact) mass is 254 g/mol. The first-order valence-corrected chi connectivity index (χ1v) is 5.81. The molecule has 1 fully saturated rings. The first-order valence-electron chi connectivity index (χ1n) is 5.81. The lowest BCUT2D eigenvalue weighted by Gasteiger charge is -2.35. The lowest BCUT2D eigenvalue weighted by Crippen LogP contribution is -2.53. The molecular formula is C12H18N2O4. The van der Waals surface area contributed by atoms with Gasteiger partial charge in [0.1, 0.15) is 6.04 Å². The lowest BCUT2D eigenvalue weighted by molar-refractivity contribution is -0.145. The number of carboxylic acid groups (broad SMARTS) is 1. The SMILES string of the molecule is C#CCC(NC(=O)C1(CN)CCOCC1)C(=O)O. The molecule has 4 N–H and O–H groups in total. The van der Waals surface area contributed by atoms with Gasteiger partial charge >= 0.3 is 5.97 Å². The zero-order chi connectivity index (χ0) is 13.6. The van der Waals surface area contributed by atoms with E-state index in [1.165, 1.54) is 0 Å². The predicted octanol–water partition coefficient (Wildman–Crippen LogP) is -0.665. The summed E-state index contributed by atoms with van der Waals surface area (Å²) in [5.74, 6) is 0.747.